The fraction of sp³-hybridized carbons (Fsp3) is 0.750. The summed E-state index contributed by atoms with van der Waals surface area (Å²) in [5, 5.41) is 0. The molecule has 0 N–H and O–H groups in total. The first-order valence-corrected chi connectivity index (χ1v) is 3.81. The van der Waals surface area contributed by atoms with Crippen LogP contribution in [0.3, 0.4) is 0 Å². The van der Waals surface area contributed by atoms with Crippen molar-refractivity contribution in [3.63, 3.8) is 0 Å². The SMILES string of the molecule is CC1(C)COC(=O)CC(=O)OC1. The Morgan fingerprint density at radius 1 is 1.08 bits per heavy atom. The molecule has 0 aromatic carbocycles. The van der Waals surface area contributed by atoms with Gasteiger partial charge in [0.15, 0.2) is 0 Å². The van der Waals surface area contributed by atoms with E-state index in [0.29, 0.717) is 13.2 Å². The lowest BCUT2D eigenvalue weighted by molar-refractivity contribution is -0.165. The van der Waals surface area contributed by atoms with Crippen molar-refractivity contribution in [2.24, 2.45) is 5.41 Å². The van der Waals surface area contributed by atoms with Crippen molar-refractivity contribution < 1.29 is 19.1 Å². The largest absolute Gasteiger partial charge is 0.465 e. The summed E-state index contributed by atoms with van der Waals surface area (Å²) in [6.45, 7) is 4.36. The predicted octanol–water partition coefficient (Wildman–Crippen LogP) is 0.503. The van der Waals surface area contributed by atoms with Crippen LogP contribution in [0.5, 0.6) is 0 Å². The van der Waals surface area contributed by atoms with E-state index in [0.717, 1.165) is 0 Å². The molecule has 1 aliphatic rings. The monoisotopic (exact) mass is 172 g/mol. The minimum Gasteiger partial charge on any atom is -0.465 e. The Morgan fingerprint density at radius 2 is 1.50 bits per heavy atom. The Morgan fingerprint density at radius 3 is 1.92 bits per heavy atom. The molecule has 0 aromatic heterocycles. The molecule has 0 spiro atoms. The van der Waals surface area contributed by atoms with Crippen LogP contribution in [0.15, 0.2) is 0 Å². The first-order chi connectivity index (χ1) is 5.49. The molecular weight excluding hydrogens is 160 g/mol. The highest BCUT2D eigenvalue weighted by Gasteiger charge is 2.26. The third kappa shape index (κ3) is 2.53. The Kier molecular flexibility index (Phi) is 2.35. The van der Waals surface area contributed by atoms with E-state index in [2.05, 4.69) is 0 Å². The minimum atomic E-state index is -0.507. The number of carbonyl (C=O) groups is 2. The van der Waals surface area contributed by atoms with Gasteiger partial charge in [-0.05, 0) is 0 Å². The van der Waals surface area contributed by atoms with Gasteiger partial charge in [0, 0.05) is 5.41 Å². The first kappa shape index (κ1) is 9.03. The van der Waals surface area contributed by atoms with Crippen LogP contribution in [0.4, 0.5) is 0 Å². The first-order valence-electron chi connectivity index (χ1n) is 3.81. The molecule has 0 amide bonds. The van der Waals surface area contributed by atoms with Crippen molar-refractivity contribution in [2.45, 2.75) is 20.3 Å². The average Bonchev–Trinajstić information content (AvgIpc) is 1.96. The number of hydrogen-bond acceptors (Lipinski definition) is 4. The summed E-state index contributed by atoms with van der Waals surface area (Å²) in [4.78, 5) is 21.6. The maximum atomic E-state index is 10.8. The molecule has 1 saturated heterocycles. The zero-order valence-electron chi connectivity index (χ0n) is 7.25. The standard InChI is InChI=1S/C8H12O4/c1-8(2)4-11-6(9)3-7(10)12-5-8/h3-5H2,1-2H3. The molecule has 0 atom stereocenters. The molecule has 12 heavy (non-hydrogen) atoms. The van der Waals surface area contributed by atoms with Crippen molar-refractivity contribution in [3.05, 3.63) is 0 Å². The summed E-state index contributed by atoms with van der Waals surface area (Å²) in [6, 6.07) is 0. The van der Waals surface area contributed by atoms with Crippen LogP contribution in [-0.2, 0) is 19.1 Å². The van der Waals surface area contributed by atoms with Crippen molar-refractivity contribution in [1.29, 1.82) is 0 Å². The van der Waals surface area contributed by atoms with Crippen molar-refractivity contribution >= 4 is 11.9 Å². The molecule has 0 unspecified atom stereocenters. The lowest BCUT2D eigenvalue weighted by Crippen LogP contribution is -2.32. The van der Waals surface area contributed by atoms with Gasteiger partial charge in [0.2, 0.25) is 0 Å². The number of ether oxygens (including phenoxy) is 2. The van der Waals surface area contributed by atoms with Gasteiger partial charge in [-0.3, -0.25) is 9.59 Å². The summed E-state index contributed by atoms with van der Waals surface area (Å²) in [5.74, 6) is -1.01. The summed E-state index contributed by atoms with van der Waals surface area (Å²) in [6.07, 6.45) is -0.268. The molecule has 68 valence electrons. The van der Waals surface area contributed by atoms with Crippen LogP contribution in [0.1, 0.15) is 20.3 Å². The zero-order valence-corrected chi connectivity index (χ0v) is 7.25. The second kappa shape index (κ2) is 3.13. The highest BCUT2D eigenvalue weighted by atomic mass is 16.6. The Hall–Kier alpha value is -1.06. The van der Waals surface area contributed by atoms with Crippen molar-refractivity contribution in [3.8, 4) is 0 Å². The van der Waals surface area contributed by atoms with Crippen LogP contribution in [0.25, 0.3) is 0 Å². The van der Waals surface area contributed by atoms with Crippen molar-refractivity contribution in [2.75, 3.05) is 13.2 Å². The number of carbonyl (C=O) groups excluding carboxylic acids is 2. The second-order valence-corrected chi connectivity index (χ2v) is 3.66. The zero-order chi connectivity index (χ0) is 9.19. The van der Waals surface area contributed by atoms with Gasteiger partial charge in [-0.15, -0.1) is 0 Å². The van der Waals surface area contributed by atoms with E-state index in [-0.39, 0.29) is 11.8 Å². The summed E-state index contributed by atoms with van der Waals surface area (Å²) < 4.78 is 9.66. The average molecular weight is 172 g/mol. The molecule has 1 aliphatic heterocycles. The van der Waals surface area contributed by atoms with Crippen LogP contribution < -0.4 is 0 Å². The quantitative estimate of drug-likeness (QED) is 0.394. The van der Waals surface area contributed by atoms with E-state index >= 15 is 0 Å². The molecule has 0 aromatic rings. The van der Waals surface area contributed by atoms with Gasteiger partial charge >= 0.3 is 11.9 Å². The summed E-state index contributed by atoms with van der Waals surface area (Å²) in [7, 11) is 0. The third-order valence-electron chi connectivity index (χ3n) is 1.54. The molecule has 0 bridgehead atoms. The number of cyclic esters (lactones) is 2. The van der Waals surface area contributed by atoms with Gasteiger partial charge in [0.05, 0.1) is 13.2 Å². The van der Waals surface area contributed by atoms with E-state index in [9.17, 15) is 9.59 Å². The summed E-state index contributed by atoms with van der Waals surface area (Å²) in [5.41, 5.74) is -0.272. The van der Waals surface area contributed by atoms with Crippen LogP contribution in [-0.4, -0.2) is 25.2 Å². The molecule has 0 saturated carbocycles. The Bertz CT molecular complexity index is 187. The van der Waals surface area contributed by atoms with E-state index in [4.69, 9.17) is 9.47 Å². The lowest BCUT2D eigenvalue weighted by Gasteiger charge is -2.25. The number of rotatable bonds is 0. The smallest absolute Gasteiger partial charge is 0.317 e. The molecule has 0 aliphatic carbocycles. The molecule has 1 fully saturated rings. The van der Waals surface area contributed by atoms with Crippen LogP contribution >= 0.6 is 0 Å². The lowest BCUT2D eigenvalue weighted by atomic mass is 9.96. The summed E-state index contributed by atoms with van der Waals surface area (Å²) >= 11 is 0. The van der Waals surface area contributed by atoms with Gasteiger partial charge in [-0.25, -0.2) is 0 Å². The van der Waals surface area contributed by atoms with Gasteiger partial charge in [-0.2, -0.15) is 0 Å². The normalized spacial score (nSPS) is 23.5. The Labute approximate surface area is 70.8 Å². The number of esters is 2. The van der Waals surface area contributed by atoms with Crippen LogP contribution in [0.2, 0.25) is 0 Å². The molecule has 1 heterocycles. The highest BCUT2D eigenvalue weighted by molar-refractivity contribution is 5.91. The Balaban J connectivity index is 2.59. The topological polar surface area (TPSA) is 52.6 Å². The molecule has 0 radical (unpaired) electrons. The third-order valence-corrected chi connectivity index (χ3v) is 1.54. The number of hydrogen-bond donors (Lipinski definition) is 0. The second-order valence-electron chi connectivity index (χ2n) is 3.66. The maximum Gasteiger partial charge on any atom is 0.317 e. The van der Waals surface area contributed by atoms with E-state index in [1.165, 1.54) is 0 Å². The van der Waals surface area contributed by atoms with Gasteiger partial charge < -0.3 is 9.47 Å². The van der Waals surface area contributed by atoms with Gasteiger partial charge in [0.1, 0.15) is 6.42 Å². The van der Waals surface area contributed by atoms with Crippen molar-refractivity contribution in [1.82, 2.24) is 0 Å². The molecule has 1 rings (SSSR count). The minimum absolute atomic E-state index is 0.268. The fourth-order valence-corrected chi connectivity index (χ4v) is 0.813. The highest BCUT2D eigenvalue weighted by Crippen LogP contribution is 2.18. The molecular formula is C8H12O4. The van der Waals surface area contributed by atoms with E-state index < -0.39 is 11.9 Å². The fourth-order valence-electron chi connectivity index (χ4n) is 0.813. The predicted molar refractivity (Wildman–Crippen MR) is 40.3 cm³/mol. The van der Waals surface area contributed by atoms with E-state index in [1.54, 1.807) is 0 Å². The van der Waals surface area contributed by atoms with Gasteiger partial charge in [-0.1, -0.05) is 13.8 Å². The maximum absolute atomic E-state index is 10.8. The van der Waals surface area contributed by atoms with E-state index in [1.807, 2.05) is 13.8 Å². The molecule has 4 nitrogen and oxygen atoms in total. The van der Waals surface area contributed by atoms with Crippen LogP contribution in [0, 0.1) is 5.41 Å². The molecule has 4 heteroatoms. The van der Waals surface area contributed by atoms with Gasteiger partial charge in [0.25, 0.3) is 0 Å².